The lowest BCUT2D eigenvalue weighted by Crippen LogP contribution is -2.41. The molecule has 0 saturated carbocycles. The van der Waals surface area contributed by atoms with Crippen molar-refractivity contribution < 1.29 is 21.8 Å². The number of aromatic nitrogens is 2. The summed E-state index contributed by atoms with van der Waals surface area (Å²) in [5.41, 5.74) is 4.87. The Morgan fingerprint density at radius 3 is 2.66 bits per heavy atom. The van der Waals surface area contributed by atoms with Crippen LogP contribution in [0, 0.1) is 5.82 Å². The first-order chi connectivity index (χ1) is 16.5. The van der Waals surface area contributed by atoms with E-state index < -0.39 is 27.4 Å². The number of imidazole rings is 1. The molecule has 5 rings (SSSR count). The predicted octanol–water partition coefficient (Wildman–Crippen LogP) is 3.75. The molecule has 2 N–H and O–H groups in total. The Bertz CT molecular complexity index is 1650. The lowest BCUT2D eigenvalue weighted by atomic mass is 9.82. The van der Waals surface area contributed by atoms with Crippen LogP contribution in [0.4, 0.5) is 4.39 Å². The van der Waals surface area contributed by atoms with Gasteiger partial charge in [-0.3, -0.25) is 14.1 Å². The van der Waals surface area contributed by atoms with E-state index in [4.69, 9.17) is 21.5 Å². The molecule has 0 fully saturated rings. The van der Waals surface area contributed by atoms with Crippen molar-refractivity contribution in [2.24, 2.45) is 10.7 Å². The highest BCUT2D eigenvalue weighted by molar-refractivity contribution is 9.10. The molecule has 14 heteroatoms. The number of carbonyl (C=O) groups excluding carboxylic acids is 1. The largest absolute Gasteiger partial charge is 0.378 e. The summed E-state index contributed by atoms with van der Waals surface area (Å²) < 4.78 is 47.0. The van der Waals surface area contributed by atoms with Crippen LogP contribution in [0.2, 0.25) is 5.15 Å². The highest BCUT2D eigenvalue weighted by Gasteiger charge is 2.50. The fourth-order valence-electron chi connectivity index (χ4n) is 3.81. The number of nitrogens with zero attached hydrogens (tertiary/aromatic N) is 4. The maximum absolute atomic E-state index is 14.0. The second-order valence-electron chi connectivity index (χ2n) is 7.50. The number of amides is 1. The van der Waals surface area contributed by atoms with Gasteiger partial charge in [0.05, 0.1) is 4.47 Å². The average molecular weight is 599 g/mol. The Morgan fingerprint density at radius 1 is 1.23 bits per heavy atom. The molecule has 1 aliphatic heterocycles. The summed E-state index contributed by atoms with van der Waals surface area (Å²) in [6.45, 7) is 0. The van der Waals surface area contributed by atoms with Gasteiger partial charge >= 0.3 is 10.1 Å². The number of carbonyl (C=O) groups is 1. The molecular weight excluding hydrogens is 585 g/mol. The minimum absolute atomic E-state index is 0.0553. The topological polar surface area (TPSA) is 119 Å². The van der Waals surface area contributed by atoms with Crippen molar-refractivity contribution in [3.05, 3.63) is 80.6 Å². The van der Waals surface area contributed by atoms with Gasteiger partial charge in [-0.05, 0) is 51.3 Å². The Morgan fingerprint density at radius 2 is 1.97 bits per heavy atom. The summed E-state index contributed by atoms with van der Waals surface area (Å²) in [7, 11) is -2.95. The first-order valence-corrected chi connectivity index (χ1v) is 13.3. The number of guanidine groups is 1. The van der Waals surface area contributed by atoms with Gasteiger partial charge in [0.2, 0.25) is 5.03 Å². The second-order valence-corrected chi connectivity index (χ2v) is 11.0. The van der Waals surface area contributed by atoms with Crippen LogP contribution in [0.25, 0.3) is 4.96 Å². The van der Waals surface area contributed by atoms with Crippen LogP contribution in [0.3, 0.4) is 0 Å². The van der Waals surface area contributed by atoms with E-state index in [-0.39, 0.29) is 31.9 Å². The Labute approximate surface area is 215 Å². The Kier molecular flexibility index (Phi) is 5.62. The van der Waals surface area contributed by atoms with Crippen LogP contribution in [0.15, 0.2) is 68.5 Å². The van der Waals surface area contributed by atoms with E-state index >= 15 is 0 Å². The van der Waals surface area contributed by atoms with Gasteiger partial charge in [-0.2, -0.15) is 8.42 Å². The lowest BCUT2D eigenvalue weighted by molar-refractivity contribution is -0.129. The Balaban J connectivity index is 1.63. The number of hydrogen-bond donors (Lipinski definition) is 1. The number of hydrogen-bond acceptors (Lipinski definition) is 8. The maximum atomic E-state index is 14.0. The molecule has 35 heavy (non-hydrogen) atoms. The van der Waals surface area contributed by atoms with Crippen LogP contribution in [0.5, 0.6) is 5.75 Å². The smallest absolute Gasteiger partial charge is 0.358 e. The second kappa shape index (κ2) is 8.29. The zero-order chi connectivity index (χ0) is 25.1. The molecule has 9 nitrogen and oxygen atoms in total. The standard InChI is InChI=1S/C21H14BrClFN5O4S2/c1-28-18(30)21(27-19(28)25,12-5-6-15(24)14(22)10-12)11-3-2-4-13(9-11)33-35(31,32)17-16(23)26-20-29(17)7-8-34-20/h2-10H,1H3,(H2,25,27). The summed E-state index contributed by atoms with van der Waals surface area (Å²) >= 11 is 10.4. The Hall–Kier alpha value is -3.00. The van der Waals surface area contributed by atoms with E-state index in [1.807, 2.05) is 0 Å². The SMILES string of the molecule is CN1C(=O)C(c2cccc(OS(=O)(=O)c3c(Cl)nc4sccn34)c2)(c2ccc(F)c(Br)c2)N=C1N. The first kappa shape index (κ1) is 23.7. The molecular formula is C21H14BrClFN5O4S2. The average Bonchev–Trinajstić information content (AvgIpc) is 3.43. The van der Waals surface area contributed by atoms with Crippen molar-refractivity contribution in [1.82, 2.24) is 14.3 Å². The zero-order valence-corrected chi connectivity index (χ0v) is 21.6. The van der Waals surface area contributed by atoms with Gasteiger partial charge in [0.25, 0.3) is 5.91 Å². The van der Waals surface area contributed by atoms with Gasteiger partial charge in [-0.15, -0.1) is 11.3 Å². The number of benzene rings is 2. The van der Waals surface area contributed by atoms with Crippen molar-refractivity contribution in [3.8, 4) is 5.75 Å². The minimum Gasteiger partial charge on any atom is -0.378 e. The quantitative estimate of drug-likeness (QED) is 0.350. The number of halogens is 3. The van der Waals surface area contributed by atoms with Crippen molar-refractivity contribution >= 4 is 65.8 Å². The first-order valence-electron chi connectivity index (χ1n) is 9.79. The molecule has 0 aliphatic carbocycles. The monoisotopic (exact) mass is 597 g/mol. The number of thiazole rings is 1. The van der Waals surface area contributed by atoms with E-state index in [1.54, 1.807) is 11.4 Å². The van der Waals surface area contributed by atoms with Crippen LogP contribution in [-0.4, -0.2) is 41.6 Å². The van der Waals surface area contributed by atoms with Crippen molar-refractivity contribution in [2.75, 3.05) is 7.05 Å². The summed E-state index contributed by atoms with van der Waals surface area (Å²) in [5.74, 6) is -1.19. The predicted molar refractivity (Wildman–Crippen MR) is 132 cm³/mol. The molecule has 4 aromatic rings. The highest BCUT2D eigenvalue weighted by atomic mass is 79.9. The van der Waals surface area contributed by atoms with E-state index in [1.165, 1.54) is 70.3 Å². The molecule has 1 atom stereocenters. The number of nitrogens with two attached hydrogens (primary N) is 1. The molecule has 0 radical (unpaired) electrons. The van der Waals surface area contributed by atoms with Gasteiger partial charge in [0.15, 0.2) is 21.6 Å². The molecule has 0 spiro atoms. The van der Waals surface area contributed by atoms with E-state index in [0.717, 1.165) is 0 Å². The third-order valence-electron chi connectivity index (χ3n) is 5.45. The summed E-state index contributed by atoms with van der Waals surface area (Å²) in [6.07, 6.45) is 1.51. The number of fused-ring (bicyclic) bond motifs is 1. The molecule has 1 aliphatic rings. The fraction of sp³-hybridized carbons (Fsp3) is 0.0952. The molecule has 0 saturated heterocycles. The number of aliphatic imine (C=N–C) groups is 1. The minimum atomic E-state index is -4.41. The van der Waals surface area contributed by atoms with Crippen LogP contribution in [-0.2, 0) is 20.5 Å². The third-order valence-corrected chi connectivity index (χ3v) is 8.47. The van der Waals surface area contributed by atoms with Crippen molar-refractivity contribution in [3.63, 3.8) is 0 Å². The van der Waals surface area contributed by atoms with Gasteiger partial charge < -0.3 is 9.92 Å². The molecule has 2 aromatic heterocycles. The summed E-state index contributed by atoms with van der Waals surface area (Å²) in [6, 6.07) is 9.89. The third kappa shape index (κ3) is 3.69. The zero-order valence-electron chi connectivity index (χ0n) is 17.6. The van der Waals surface area contributed by atoms with Crippen LogP contribution < -0.4 is 9.92 Å². The van der Waals surface area contributed by atoms with Gasteiger partial charge in [0.1, 0.15) is 11.6 Å². The van der Waals surface area contributed by atoms with Crippen molar-refractivity contribution in [2.45, 2.75) is 10.6 Å². The molecule has 1 unspecified atom stereocenters. The van der Waals surface area contributed by atoms with E-state index in [9.17, 15) is 17.6 Å². The normalized spacial score (nSPS) is 18.3. The number of rotatable bonds is 5. The number of likely N-dealkylation sites (N-methyl/N-ethyl adjacent to an activating group) is 1. The van der Waals surface area contributed by atoms with Gasteiger partial charge in [-0.1, -0.05) is 29.8 Å². The van der Waals surface area contributed by atoms with Gasteiger partial charge in [-0.25, -0.2) is 14.4 Å². The van der Waals surface area contributed by atoms with Crippen LogP contribution >= 0.6 is 38.9 Å². The molecule has 3 heterocycles. The maximum Gasteiger partial charge on any atom is 0.358 e. The van der Waals surface area contributed by atoms with Crippen molar-refractivity contribution in [1.29, 1.82) is 0 Å². The van der Waals surface area contributed by atoms with E-state index in [2.05, 4.69) is 25.9 Å². The van der Waals surface area contributed by atoms with Gasteiger partial charge in [0, 0.05) is 18.6 Å². The lowest BCUT2D eigenvalue weighted by Gasteiger charge is -2.26. The molecule has 2 aromatic carbocycles. The summed E-state index contributed by atoms with van der Waals surface area (Å²) in [4.78, 5) is 23.4. The highest BCUT2D eigenvalue weighted by Crippen LogP contribution is 2.41. The molecule has 0 bridgehead atoms. The van der Waals surface area contributed by atoms with E-state index in [0.29, 0.717) is 10.5 Å². The summed E-state index contributed by atoms with van der Waals surface area (Å²) in [5, 5.41) is 1.11. The van der Waals surface area contributed by atoms with Crippen LogP contribution in [0.1, 0.15) is 11.1 Å². The molecule has 180 valence electrons. The molecule has 1 amide bonds. The fourth-order valence-corrected chi connectivity index (χ4v) is 6.54.